The average Bonchev–Trinajstić information content (AvgIpc) is 2.80. The van der Waals surface area contributed by atoms with Crippen molar-refractivity contribution in [1.29, 1.82) is 0 Å². The van der Waals surface area contributed by atoms with Gasteiger partial charge in [-0.1, -0.05) is 18.9 Å². The van der Waals surface area contributed by atoms with Crippen molar-refractivity contribution in [3.05, 3.63) is 30.1 Å². The Morgan fingerprint density at radius 1 is 1.47 bits per heavy atom. The summed E-state index contributed by atoms with van der Waals surface area (Å²) in [7, 11) is 0. The second kappa shape index (κ2) is 5.52. The van der Waals surface area contributed by atoms with Crippen LogP contribution in [-0.2, 0) is 0 Å². The van der Waals surface area contributed by atoms with Gasteiger partial charge in [0.2, 0.25) is 0 Å². The lowest BCUT2D eigenvalue weighted by Crippen LogP contribution is -2.14. The fraction of sp³-hybridized carbons (Fsp3) is 0.583. The summed E-state index contributed by atoms with van der Waals surface area (Å²) < 4.78 is 0. The minimum atomic E-state index is 0.143. The summed E-state index contributed by atoms with van der Waals surface area (Å²) in [5.41, 5.74) is 7.27. The van der Waals surface area contributed by atoms with Crippen LogP contribution in [0, 0.1) is 0 Å². The Morgan fingerprint density at radius 2 is 2.27 bits per heavy atom. The molecule has 1 atom stereocenters. The Hall–Kier alpha value is -0.540. The van der Waals surface area contributed by atoms with Crippen LogP contribution in [0.3, 0.4) is 0 Å². The third-order valence-corrected chi connectivity index (χ3v) is 4.42. The van der Waals surface area contributed by atoms with Crippen LogP contribution in [0.4, 0.5) is 0 Å². The number of rotatable bonds is 4. The lowest BCUT2D eigenvalue weighted by molar-refractivity contribution is 0.814. The number of nitrogens with two attached hydrogens (primary N) is 1. The van der Waals surface area contributed by atoms with E-state index in [0.29, 0.717) is 0 Å². The maximum atomic E-state index is 6.11. The summed E-state index contributed by atoms with van der Waals surface area (Å²) >= 11 is 2.03. The average molecular weight is 222 g/mol. The van der Waals surface area contributed by atoms with Crippen LogP contribution in [0.25, 0.3) is 0 Å². The number of hydrogen-bond acceptors (Lipinski definition) is 3. The van der Waals surface area contributed by atoms with E-state index < -0.39 is 0 Å². The molecule has 1 aliphatic carbocycles. The predicted molar refractivity (Wildman–Crippen MR) is 65.9 cm³/mol. The van der Waals surface area contributed by atoms with Crippen molar-refractivity contribution in [3.8, 4) is 0 Å². The second-order valence-corrected chi connectivity index (χ2v) is 5.47. The maximum Gasteiger partial charge on any atom is 0.0402 e. The van der Waals surface area contributed by atoms with Gasteiger partial charge in [0.15, 0.2) is 0 Å². The molecule has 0 saturated heterocycles. The number of thioether (sulfide) groups is 1. The highest BCUT2D eigenvalue weighted by molar-refractivity contribution is 7.99. The summed E-state index contributed by atoms with van der Waals surface area (Å²) in [6.07, 6.45) is 9.23. The fourth-order valence-electron chi connectivity index (χ4n) is 1.99. The van der Waals surface area contributed by atoms with Gasteiger partial charge in [0.25, 0.3) is 0 Å². The van der Waals surface area contributed by atoms with E-state index >= 15 is 0 Å². The van der Waals surface area contributed by atoms with Gasteiger partial charge in [0.1, 0.15) is 0 Å². The van der Waals surface area contributed by atoms with Crippen molar-refractivity contribution in [1.82, 2.24) is 4.98 Å². The number of aromatic nitrogens is 1. The van der Waals surface area contributed by atoms with Gasteiger partial charge in [-0.2, -0.15) is 11.8 Å². The predicted octanol–water partition coefficient (Wildman–Crippen LogP) is 2.76. The molecule has 2 rings (SSSR count). The first kappa shape index (κ1) is 11.0. The van der Waals surface area contributed by atoms with Crippen molar-refractivity contribution in [2.45, 2.75) is 37.0 Å². The third kappa shape index (κ3) is 3.21. The molecule has 15 heavy (non-hydrogen) atoms. The van der Waals surface area contributed by atoms with Gasteiger partial charge < -0.3 is 5.73 Å². The zero-order valence-electron chi connectivity index (χ0n) is 8.93. The van der Waals surface area contributed by atoms with Gasteiger partial charge in [-0.25, -0.2) is 0 Å². The van der Waals surface area contributed by atoms with Crippen LogP contribution in [0.1, 0.15) is 37.3 Å². The van der Waals surface area contributed by atoms with E-state index in [0.717, 1.165) is 16.6 Å². The van der Waals surface area contributed by atoms with Crippen molar-refractivity contribution in [3.63, 3.8) is 0 Å². The maximum absolute atomic E-state index is 6.11. The molecule has 0 amide bonds. The normalized spacial score (nSPS) is 19.3. The fourth-order valence-corrected chi connectivity index (χ4v) is 3.32. The molecule has 2 N–H and O–H groups in total. The number of pyridine rings is 1. The molecule has 0 bridgehead atoms. The van der Waals surface area contributed by atoms with E-state index in [1.54, 1.807) is 6.20 Å². The quantitative estimate of drug-likeness (QED) is 0.851. The lowest BCUT2D eigenvalue weighted by Gasteiger charge is -2.14. The lowest BCUT2D eigenvalue weighted by atomic mass is 10.2. The van der Waals surface area contributed by atoms with E-state index in [-0.39, 0.29) is 6.04 Å². The van der Waals surface area contributed by atoms with E-state index in [1.165, 1.54) is 25.7 Å². The van der Waals surface area contributed by atoms with Crippen LogP contribution < -0.4 is 5.73 Å². The third-order valence-electron chi connectivity index (χ3n) is 2.93. The highest BCUT2D eigenvalue weighted by atomic mass is 32.2. The molecule has 1 aliphatic rings. The summed E-state index contributed by atoms with van der Waals surface area (Å²) in [4.78, 5) is 4.10. The molecule has 1 unspecified atom stereocenters. The Kier molecular flexibility index (Phi) is 4.03. The monoisotopic (exact) mass is 222 g/mol. The van der Waals surface area contributed by atoms with Crippen molar-refractivity contribution in [2.75, 3.05) is 5.75 Å². The first-order valence-corrected chi connectivity index (χ1v) is 6.68. The summed E-state index contributed by atoms with van der Waals surface area (Å²) in [6, 6.07) is 4.16. The minimum absolute atomic E-state index is 0.143. The minimum Gasteiger partial charge on any atom is -0.323 e. The van der Waals surface area contributed by atoms with Crippen LogP contribution in [0.15, 0.2) is 24.5 Å². The highest BCUT2D eigenvalue weighted by Crippen LogP contribution is 2.31. The largest absolute Gasteiger partial charge is 0.323 e. The zero-order valence-corrected chi connectivity index (χ0v) is 9.75. The smallest absolute Gasteiger partial charge is 0.0402 e. The van der Waals surface area contributed by atoms with Gasteiger partial charge in [-0.05, 0) is 24.5 Å². The molecule has 2 nitrogen and oxygen atoms in total. The summed E-state index contributed by atoms with van der Waals surface area (Å²) in [6.45, 7) is 0. The SMILES string of the molecule is NC(CSC1CCCC1)c1cccnc1. The van der Waals surface area contributed by atoms with Gasteiger partial charge in [0.05, 0.1) is 0 Å². The van der Waals surface area contributed by atoms with E-state index in [1.807, 2.05) is 24.0 Å². The van der Waals surface area contributed by atoms with E-state index in [4.69, 9.17) is 5.73 Å². The van der Waals surface area contributed by atoms with Gasteiger partial charge in [0, 0.05) is 29.4 Å². The Labute approximate surface area is 95.7 Å². The van der Waals surface area contributed by atoms with Crippen molar-refractivity contribution < 1.29 is 0 Å². The van der Waals surface area contributed by atoms with Gasteiger partial charge in [-0.3, -0.25) is 4.98 Å². The molecule has 1 aromatic heterocycles. The highest BCUT2D eigenvalue weighted by Gasteiger charge is 2.16. The molecule has 0 aliphatic heterocycles. The summed E-state index contributed by atoms with van der Waals surface area (Å²) in [5.74, 6) is 1.02. The van der Waals surface area contributed by atoms with Crippen LogP contribution in [0.2, 0.25) is 0 Å². The molecular formula is C12H18N2S. The molecule has 1 saturated carbocycles. The van der Waals surface area contributed by atoms with Gasteiger partial charge >= 0.3 is 0 Å². The van der Waals surface area contributed by atoms with Crippen molar-refractivity contribution in [2.24, 2.45) is 5.73 Å². The molecule has 1 aromatic rings. The Morgan fingerprint density at radius 3 is 2.93 bits per heavy atom. The first-order chi connectivity index (χ1) is 7.36. The molecule has 0 radical (unpaired) electrons. The van der Waals surface area contributed by atoms with E-state index in [9.17, 15) is 0 Å². The zero-order chi connectivity index (χ0) is 10.5. The molecular weight excluding hydrogens is 204 g/mol. The van der Waals surface area contributed by atoms with Crippen LogP contribution >= 0.6 is 11.8 Å². The Balaban J connectivity index is 1.79. The molecule has 0 aromatic carbocycles. The molecule has 82 valence electrons. The van der Waals surface area contributed by atoms with Crippen LogP contribution in [-0.4, -0.2) is 16.0 Å². The number of nitrogens with zero attached hydrogens (tertiary/aromatic N) is 1. The van der Waals surface area contributed by atoms with Gasteiger partial charge in [-0.15, -0.1) is 0 Å². The molecule has 1 heterocycles. The Bertz CT molecular complexity index is 283. The molecule has 3 heteroatoms. The van der Waals surface area contributed by atoms with E-state index in [2.05, 4.69) is 11.1 Å². The second-order valence-electron chi connectivity index (χ2n) is 4.13. The molecule has 0 spiro atoms. The number of hydrogen-bond donors (Lipinski definition) is 1. The van der Waals surface area contributed by atoms with Crippen LogP contribution in [0.5, 0.6) is 0 Å². The molecule has 1 fully saturated rings. The van der Waals surface area contributed by atoms with Crippen molar-refractivity contribution >= 4 is 11.8 Å². The first-order valence-electron chi connectivity index (χ1n) is 5.63. The topological polar surface area (TPSA) is 38.9 Å². The summed E-state index contributed by atoms with van der Waals surface area (Å²) in [5, 5.41) is 0.854. The standard InChI is InChI=1S/C12H18N2S/c13-12(10-4-3-7-14-8-10)9-15-11-5-1-2-6-11/h3-4,7-8,11-12H,1-2,5-6,9,13H2.